The molecule has 0 aliphatic heterocycles. The number of hydrogen-bond donors (Lipinski definition) is 1. The average Bonchev–Trinajstić information content (AvgIpc) is 1.97. The first-order chi connectivity index (χ1) is 5.16. The predicted octanol–water partition coefficient (Wildman–Crippen LogP) is 2.55. The SMILES string of the molecule is CC1CCC(C)(CCN)CC1. The van der Waals surface area contributed by atoms with E-state index in [0.29, 0.717) is 5.41 Å². The van der Waals surface area contributed by atoms with Crippen LogP contribution in [0.2, 0.25) is 0 Å². The summed E-state index contributed by atoms with van der Waals surface area (Å²) in [4.78, 5) is 0. The first-order valence-corrected chi connectivity index (χ1v) is 4.86. The quantitative estimate of drug-likeness (QED) is 0.651. The maximum absolute atomic E-state index is 5.58. The van der Waals surface area contributed by atoms with Gasteiger partial charge in [-0.05, 0) is 37.1 Å². The molecule has 0 unspecified atom stereocenters. The second-order valence-electron chi connectivity index (χ2n) is 4.53. The van der Waals surface area contributed by atoms with Crippen molar-refractivity contribution in [3.8, 4) is 0 Å². The van der Waals surface area contributed by atoms with Crippen molar-refractivity contribution in [1.29, 1.82) is 0 Å². The molecule has 0 radical (unpaired) electrons. The highest BCUT2D eigenvalue weighted by Gasteiger charge is 2.28. The van der Waals surface area contributed by atoms with Crippen LogP contribution in [-0.2, 0) is 0 Å². The van der Waals surface area contributed by atoms with Crippen LogP contribution in [0.4, 0.5) is 0 Å². The van der Waals surface area contributed by atoms with Gasteiger partial charge in [0.15, 0.2) is 0 Å². The monoisotopic (exact) mass is 155 g/mol. The zero-order valence-corrected chi connectivity index (χ0v) is 7.90. The molecular weight excluding hydrogens is 134 g/mol. The predicted molar refractivity (Wildman–Crippen MR) is 49.4 cm³/mol. The normalized spacial score (nSPS) is 39.0. The average molecular weight is 155 g/mol. The van der Waals surface area contributed by atoms with Crippen molar-refractivity contribution in [2.75, 3.05) is 6.54 Å². The molecule has 0 atom stereocenters. The lowest BCUT2D eigenvalue weighted by molar-refractivity contribution is 0.168. The molecular formula is C10H21N. The standard InChI is InChI=1S/C10H21N/c1-9-3-5-10(2,6-4-9)7-8-11/h9H,3-8,11H2,1-2H3. The van der Waals surface area contributed by atoms with Gasteiger partial charge in [-0.2, -0.15) is 0 Å². The summed E-state index contributed by atoms with van der Waals surface area (Å²) >= 11 is 0. The fraction of sp³-hybridized carbons (Fsp3) is 1.00. The van der Waals surface area contributed by atoms with Gasteiger partial charge < -0.3 is 5.73 Å². The summed E-state index contributed by atoms with van der Waals surface area (Å²) in [5.74, 6) is 0.959. The molecule has 0 heterocycles. The van der Waals surface area contributed by atoms with Crippen LogP contribution in [0, 0.1) is 11.3 Å². The minimum Gasteiger partial charge on any atom is -0.330 e. The minimum absolute atomic E-state index is 0.585. The summed E-state index contributed by atoms with van der Waals surface area (Å²) in [6.07, 6.45) is 6.84. The maximum atomic E-state index is 5.58. The summed E-state index contributed by atoms with van der Waals surface area (Å²) in [5, 5.41) is 0. The van der Waals surface area contributed by atoms with Crippen LogP contribution in [0.25, 0.3) is 0 Å². The number of nitrogens with two attached hydrogens (primary N) is 1. The molecule has 1 saturated carbocycles. The largest absolute Gasteiger partial charge is 0.330 e. The van der Waals surface area contributed by atoms with Crippen LogP contribution in [-0.4, -0.2) is 6.54 Å². The van der Waals surface area contributed by atoms with Crippen molar-refractivity contribution in [1.82, 2.24) is 0 Å². The molecule has 2 N–H and O–H groups in total. The molecule has 66 valence electrons. The highest BCUT2D eigenvalue weighted by Crippen LogP contribution is 2.40. The zero-order valence-electron chi connectivity index (χ0n) is 7.90. The van der Waals surface area contributed by atoms with Crippen LogP contribution in [0.3, 0.4) is 0 Å². The molecule has 0 bridgehead atoms. The fourth-order valence-corrected chi connectivity index (χ4v) is 2.06. The smallest absolute Gasteiger partial charge is 0.00721 e. The van der Waals surface area contributed by atoms with Crippen molar-refractivity contribution >= 4 is 0 Å². The van der Waals surface area contributed by atoms with E-state index in [2.05, 4.69) is 13.8 Å². The minimum atomic E-state index is 0.585. The molecule has 1 aliphatic rings. The Morgan fingerprint density at radius 2 is 1.91 bits per heavy atom. The topological polar surface area (TPSA) is 26.0 Å². The van der Waals surface area contributed by atoms with Gasteiger partial charge in [0.05, 0.1) is 0 Å². The Balaban J connectivity index is 2.35. The van der Waals surface area contributed by atoms with Crippen LogP contribution >= 0.6 is 0 Å². The van der Waals surface area contributed by atoms with Crippen molar-refractivity contribution in [2.24, 2.45) is 17.1 Å². The second kappa shape index (κ2) is 3.57. The lowest BCUT2D eigenvalue weighted by Crippen LogP contribution is -2.26. The van der Waals surface area contributed by atoms with Gasteiger partial charge in [-0.15, -0.1) is 0 Å². The van der Waals surface area contributed by atoms with Gasteiger partial charge in [0.2, 0.25) is 0 Å². The van der Waals surface area contributed by atoms with Gasteiger partial charge in [0.1, 0.15) is 0 Å². The van der Waals surface area contributed by atoms with E-state index in [9.17, 15) is 0 Å². The molecule has 1 aliphatic carbocycles. The van der Waals surface area contributed by atoms with Crippen LogP contribution in [0.5, 0.6) is 0 Å². The van der Waals surface area contributed by atoms with E-state index in [1.165, 1.54) is 32.1 Å². The molecule has 0 spiro atoms. The first kappa shape index (κ1) is 9.05. The van der Waals surface area contributed by atoms with Gasteiger partial charge in [0.25, 0.3) is 0 Å². The van der Waals surface area contributed by atoms with Gasteiger partial charge in [-0.1, -0.05) is 26.7 Å². The Labute approximate surface area is 70.4 Å². The molecule has 0 saturated heterocycles. The maximum Gasteiger partial charge on any atom is -0.00721 e. The highest BCUT2D eigenvalue weighted by atomic mass is 14.5. The Kier molecular flexibility index (Phi) is 2.94. The van der Waals surface area contributed by atoms with Crippen LogP contribution < -0.4 is 5.73 Å². The Morgan fingerprint density at radius 3 is 2.36 bits per heavy atom. The Bertz CT molecular complexity index is 112. The first-order valence-electron chi connectivity index (χ1n) is 4.86. The Morgan fingerprint density at radius 1 is 1.36 bits per heavy atom. The number of hydrogen-bond acceptors (Lipinski definition) is 1. The molecule has 1 rings (SSSR count). The van der Waals surface area contributed by atoms with Crippen LogP contribution in [0.1, 0.15) is 46.0 Å². The zero-order chi connectivity index (χ0) is 8.32. The molecule has 1 nitrogen and oxygen atoms in total. The van der Waals surface area contributed by atoms with Crippen LogP contribution in [0.15, 0.2) is 0 Å². The van der Waals surface area contributed by atoms with Crippen molar-refractivity contribution in [3.63, 3.8) is 0 Å². The van der Waals surface area contributed by atoms with E-state index in [0.717, 1.165) is 12.5 Å². The van der Waals surface area contributed by atoms with E-state index in [1.54, 1.807) is 0 Å². The molecule has 1 heteroatoms. The summed E-state index contributed by atoms with van der Waals surface area (Å²) in [5.41, 5.74) is 6.16. The van der Waals surface area contributed by atoms with Gasteiger partial charge >= 0.3 is 0 Å². The summed E-state index contributed by atoms with van der Waals surface area (Å²) < 4.78 is 0. The van der Waals surface area contributed by atoms with E-state index in [4.69, 9.17) is 5.73 Å². The molecule has 11 heavy (non-hydrogen) atoms. The molecule has 0 aromatic rings. The van der Waals surface area contributed by atoms with Crippen molar-refractivity contribution in [2.45, 2.75) is 46.0 Å². The third-order valence-electron chi connectivity index (χ3n) is 3.23. The van der Waals surface area contributed by atoms with Gasteiger partial charge in [-0.25, -0.2) is 0 Å². The molecule has 0 aromatic carbocycles. The lowest BCUT2D eigenvalue weighted by atomic mass is 9.70. The molecule has 1 fully saturated rings. The van der Waals surface area contributed by atoms with Gasteiger partial charge in [0, 0.05) is 0 Å². The fourth-order valence-electron chi connectivity index (χ4n) is 2.06. The van der Waals surface area contributed by atoms with Gasteiger partial charge in [-0.3, -0.25) is 0 Å². The second-order valence-corrected chi connectivity index (χ2v) is 4.53. The summed E-state index contributed by atoms with van der Waals surface area (Å²) in [6.45, 7) is 5.62. The lowest BCUT2D eigenvalue weighted by Gasteiger charge is -2.36. The number of rotatable bonds is 2. The Hall–Kier alpha value is -0.0400. The van der Waals surface area contributed by atoms with E-state index in [1.807, 2.05) is 0 Å². The summed E-state index contributed by atoms with van der Waals surface area (Å²) in [6, 6.07) is 0. The third-order valence-corrected chi connectivity index (χ3v) is 3.23. The van der Waals surface area contributed by atoms with E-state index in [-0.39, 0.29) is 0 Å². The van der Waals surface area contributed by atoms with E-state index < -0.39 is 0 Å². The molecule has 0 aromatic heterocycles. The molecule has 0 amide bonds. The van der Waals surface area contributed by atoms with Crippen molar-refractivity contribution in [3.05, 3.63) is 0 Å². The highest BCUT2D eigenvalue weighted by molar-refractivity contribution is 4.80. The van der Waals surface area contributed by atoms with Crippen molar-refractivity contribution < 1.29 is 0 Å². The van der Waals surface area contributed by atoms with E-state index >= 15 is 0 Å². The summed E-state index contributed by atoms with van der Waals surface area (Å²) in [7, 11) is 0. The third kappa shape index (κ3) is 2.48.